The van der Waals surface area contributed by atoms with Crippen molar-refractivity contribution in [2.24, 2.45) is 5.92 Å². The van der Waals surface area contributed by atoms with Gasteiger partial charge in [0.2, 0.25) is 5.91 Å². The maximum Gasteiger partial charge on any atom is 0.271 e. The number of hydrogen-bond acceptors (Lipinski definition) is 5. The minimum Gasteiger partial charge on any atom is -0.364 e. The predicted octanol–water partition coefficient (Wildman–Crippen LogP) is 2.76. The number of carbonyl (C=O) groups excluding carboxylic acids is 1. The standard InChI is InChI=1S/C25H33N5O2/c1-28(2)13-3-4-24(31)29-14-9-22(10-15-29)30(18-19-5-6-19)23-16-21(17-27-25(23)32)20-7-11-26-12-8-20/h3-4,7-8,11-12,16-17,19,22H,5-6,9-10,13-15,18H2,1-2H3,(H,27,32)/b4-3+. The van der Waals surface area contributed by atoms with Crippen molar-refractivity contribution < 1.29 is 4.79 Å². The zero-order valence-electron chi connectivity index (χ0n) is 19.0. The van der Waals surface area contributed by atoms with Gasteiger partial charge < -0.3 is 19.7 Å². The highest BCUT2D eigenvalue weighted by atomic mass is 16.2. The van der Waals surface area contributed by atoms with Crippen molar-refractivity contribution in [1.29, 1.82) is 0 Å². The first-order chi connectivity index (χ1) is 15.5. The monoisotopic (exact) mass is 435 g/mol. The van der Waals surface area contributed by atoms with Gasteiger partial charge in [-0.05, 0) is 69.5 Å². The van der Waals surface area contributed by atoms with Gasteiger partial charge in [-0.2, -0.15) is 0 Å². The van der Waals surface area contributed by atoms with E-state index in [-0.39, 0.29) is 17.5 Å². The third-order valence-corrected chi connectivity index (χ3v) is 6.31. The average molecular weight is 436 g/mol. The van der Waals surface area contributed by atoms with E-state index in [1.807, 2.05) is 48.2 Å². The molecular weight excluding hydrogens is 402 g/mol. The van der Waals surface area contributed by atoms with Crippen LogP contribution in [-0.2, 0) is 4.79 Å². The van der Waals surface area contributed by atoms with E-state index in [1.54, 1.807) is 24.7 Å². The lowest BCUT2D eigenvalue weighted by Gasteiger charge is -2.39. The van der Waals surface area contributed by atoms with E-state index < -0.39 is 0 Å². The van der Waals surface area contributed by atoms with Gasteiger partial charge in [0.25, 0.3) is 5.56 Å². The Morgan fingerprint density at radius 1 is 1.16 bits per heavy atom. The fourth-order valence-corrected chi connectivity index (χ4v) is 4.29. The van der Waals surface area contributed by atoms with Crippen LogP contribution in [0.25, 0.3) is 11.1 Å². The molecule has 7 heteroatoms. The van der Waals surface area contributed by atoms with Crippen molar-refractivity contribution in [3.05, 3.63) is 59.3 Å². The number of anilines is 1. The molecule has 2 aromatic rings. The highest BCUT2D eigenvalue weighted by molar-refractivity contribution is 5.87. The molecule has 0 spiro atoms. The molecule has 4 rings (SSSR count). The van der Waals surface area contributed by atoms with Gasteiger partial charge in [-0.25, -0.2) is 0 Å². The number of H-pyrrole nitrogens is 1. The second kappa shape index (κ2) is 10.1. The third-order valence-electron chi connectivity index (χ3n) is 6.31. The molecule has 1 aliphatic carbocycles. The van der Waals surface area contributed by atoms with Crippen LogP contribution in [-0.4, -0.2) is 72.0 Å². The Kier molecular flexibility index (Phi) is 7.05. The number of pyridine rings is 2. The van der Waals surface area contributed by atoms with Crippen LogP contribution in [0.15, 0.2) is 53.7 Å². The summed E-state index contributed by atoms with van der Waals surface area (Å²) in [6.45, 7) is 3.11. The van der Waals surface area contributed by atoms with E-state index in [0.717, 1.165) is 55.8 Å². The molecule has 170 valence electrons. The van der Waals surface area contributed by atoms with Crippen LogP contribution in [0, 0.1) is 5.92 Å². The summed E-state index contributed by atoms with van der Waals surface area (Å²) < 4.78 is 0. The lowest BCUT2D eigenvalue weighted by atomic mass is 10.0. The first-order valence-corrected chi connectivity index (χ1v) is 11.5. The molecule has 0 unspecified atom stereocenters. The Labute approximate surface area is 189 Å². The fraction of sp³-hybridized carbons (Fsp3) is 0.480. The van der Waals surface area contributed by atoms with Gasteiger partial charge >= 0.3 is 0 Å². The Morgan fingerprint density at radius 3 is 2.53 bits per heavy atom. The summed E-state index contributed by atoms with van der Waals surface area (Å²) in [5.41, 5.74) is 2.71. The number of likely N-dealkylation sites (N-methyl/N-ethyl adjacent to an activating group) is 1. The molecule has 1 saturated heterocycles. The summed E-state index contributed by atoms with van der Waals surface area (Å²) in [5.74, 6) is 0.740. The van der Waals surface area contributed by atoms with E-state index in [0.29, 0.717) is 5.92 Å². The maximum absolute atomic E-state index is 12.8. The molecule has 2 aliphatic rings. The topological polar surface area (TPSA) is 72.5 Å². The van der Waals surface area contributed by atoms with Crippen molar-refractivity contribution in [3.63, 3.8) is 0 Å². The summed E-state index contributed by atoms with van der Waals surface area (Å²) in [6.07, 6.45) is 13.1. The Morgan fingerprint density at radius 2 is 1.88 bits per heavy atom. The molecule has 0 atom stereocenters. The van der Waals surface area contributed by atoms with Crippen molar-refractivity contribution in [3.8, 4) is 11.1 Å². The minimum atomic E-state index is -0.0476. The molecule has 2 fully saturated rings. The molecule has 7 nitrogen and oxygen atoms in total. The average Bonchev–Trinajstić information content (AvgIpc) is 3.63. The van der Waals surface area contributed by atoms with Crippen LogP contribution in [0.4, 0.5) is 5.69 Å². The van der Waals surface area contributed by atoms with Gasteiger partial charge in [-0.3, -0.25) is 14.6 Å². The van der Waals surface area contributed by atoms with Crippen molar-refractivity contribution in [2.75, 3.05) is 45.2 Å². The molecular formula is C25H33N5O2. The van der Waals surface area contributed by atoms with Crippen molar-refractivity contribution in [1.82, 2.24) is 19.8 Å². The number of hydrogen-bond donors (Lipinski definition) is 1. The molecule has 3 heterocycles. The minimum absolute atomic E-state index is 0.0476. The largest absolute Gasteiger partial charge is 0.364 e. The summed E-state index contributed by atoms with van der Waals surface area (Å²) in [7, 11) is 3.97. The normalized spacial score (nSPS) is 17.3. The number of amides is 1. The predicted molar refractivity (Wildman–Crippen MR) is 128 cm³/mol. The van der Waals surface area contributed by atoms with Gasteiger partial charge in [0.1, 0.15) is 5.69 Å². The SMILES string of the molecule is CN(C)C/C=C/C(=O)N1CCC(N(CC2CC2)c2cc(-c3ccncc3)c[nH]c2=O)CC1. The molecule has 32 heavy (non-hydrogen) atoms. The molecule has 1 aliphatic heterocycles. The van der Waals surface area contributed by atoms with E-state index >= 15 is 0 Å². The van der Waals surface area contributed by atoms with E-state index in [9.17, 15) is 9.59 Å². The molecule has 2 aromatic heterocycles. The number of aromatic amines is 1. The summed E-state index contributed by atoms with van der Waals surface area (Å²) >= 11 is 0. The highest BCUT2D eigenvalue weighted by Crippen LogP contribution is 2.34. The van der Waals surface area contributed by atoms with Crippen LogP contribution in [0.2, 0.25) is 0 Å². The third kappa shape index (κ3) is 5.65. The van der Waals surface area contributed by atoms with E-state index in [2.05, 4.69) is 14.9 Å². The fourth-order valence-electron chi connectivity index (χ4n) is 4.29. The first kappa shape index (κ1) is 22.3. The van der Waals surface area contributed by atoms with Gasteiger partial charge in [-0.1, -0.05) is 6.08 Å². The molecule has 1 saturated carbocycles. The molecule has 1 N–H and O–H groups in total. The molecule has 0 bridgehead atoms. The number of rotatable bonds is 8. The van der Waals surface area contributed by atoms with Crippen molar-refractivity contribution >= 4 is 11.6 Å². The van der Waals surface area contributed by atoms with Crippen LogP contribution in [0.5, 0.6) is 0 Å². The quantitative estimate of drug-likeness (QED) is 0.646. The summed E-state index contributed by atoms with van der Waals surface area (Å²) in [4.78, 5) is 38.7. The van der Waals surface area contributed by atoms with Crippen LogP contribution < -0.4 is 10.5 Å². The second-order valence-electron chi connectivity index (χ2n) is 9.16. The van der Waals surface area contributed by atoms with Gasteiger partial charge in [-0.15, -0.1) is 0 Å². The van der Waals surface area contributed by atoms with Crippen molar-refractivity contribution in [2.45, 2.75) is 31.7 Å². The first-order valence-electron chi connectivity index (χ1n) is 11.5. The van der Waals surface area contributed by atoms with Crippen LogP contribution >= 0.6 is 0 Å². The highest BCUT2D eigenvalue weighted by Gasteiger charge is 2.32. The van der Waals surface area contributed by atoms with Gasteiger partial charge in [0.15, 0.2) is 0 Å². The Balaban J connectivity index is 1.49. The molecule has 0 aromatic carbocycles. The Hall–Kier alpha value is -2.93. The number of nitrogens with zero attached hydrogens (tertiary/aromatic N) is 4. The zero-order chi connectivity index (χ0) is 22.5. The van der Waals surface area contributed by atoms with Crippen LogP contribution in [0.1, 0.15) is 25.7 Å². The lowest BCUT2D eigenvalue weighted by Crippen LogP contribution is -2.48. The smallest absolute Gasteiger partial charge is 0.271 e. The summed E-state index contributed by atoms with van der Waals surface area (Å²) in [5, 5.41) is 0. The second-order valence-corrected chi connectivity index (χ2v) is 9.16. The Bertz CT molecular complexity index is 989. The van der Waals surface area contributed by atoms with E-state index in [1.165, 1.54) is 12.8 Å². The number of nitrogens with one attached hydrogen (secondary N) is 1. The number of carbonyl (C=O) groups is 1. The maximum atomic E-state index is 12.8. The molecule has 0 radical (unpaired) electrons. The van der Waals surface area contributed by atoms with Gasteiger partial charge in [0, 0.05) is 62.5 Å². The number of aromatic nitrogens is 2. The number of piperidine rings is 1. The van der Waals surface area contributed by atoms with Gasteiger partial charge in [0.05, 0.1) is 0 Å². The lowest BCUT2D eigenvalue weighted by molar-refractivity contribution is -0.127. The van der Waals surface area contributed by atoms with E-state index in [4.69, 9.17) is 0 Å². The molecule has 1 amide bonds. The van der Waals surface area contributed by atoms with Crippen LogP contribution in [0.3, 0.4) is 0 Å². The number of likely N-dealkylation sites (tertiary alicyclic amines) is 1. The zero-order valence-corrected chi connectivity index (χ0v) is 19.0. The summed E-state index contributed by atoms with van der Waals surface area (Å²) in [6, 6.07) is 6.18.